The summed E-state index contributed by atoms with van der Waals surface area (Å²) in [6.45, 7) is 0. The molecule has 0 amide bonds. The number of anilines is 2. The van der Waals surface area contributed by atoms with E-state index < -0.39 is 0 Å². The molecule has 7 aromatic rings. The monoisotopic (exact) mass is 628 g/mol. The van der Waals surface area contributed by atoms with Gasteiger partial charge in [-0.1, -0.05) is 85.0 Å². The molecule has 2 aromatic heterocycles. The van der Waals surface area contributed by atoms with Gasteiger partial charge in [-0.3, -0.25) is 0 Å². The highest BCUT2D eigenvalue weighted by molar-refractivity contribution is 6.21. The Balaban J connectivity index is 1.21. The summed E-state index contributed by atoms with van der Waals surface area (Å²) in [6, 6.07) is 38.2. The maximum absolute atomic E-state index is 11.0. The van der Waals surface area contributed by atoms with Crippen LogP contribution in [-0.2, 0) is 6.42 Å². The summed E-state index contributed by atoms with van der Waals surface area (Å²) < 4.78 is 8.55. The topological polar surface area (TPSA) is 68.9 Å². The van der Waals surface area contributed by atoms with Gasteiger partial charge in [-0.2, -0.15) is 10.5 Å². The van der Waals surface area contributed by atoms with Crippen LogP contribution in [0.4, 0.5) is 11.4 Å². The van der Waals surface area contributed by atoms with Crippen LogP contribution in [0.3, 0.4) is 0 Å². The van der Waals surface area contributed by atoms with Gasteiger partial charge in [0.2, 0.25) is 0 Å². The quantitative estimate of drug-likeness (QED) is 0.195. The molecule has 0 saturated heterocycles. The predicted molar refractivity (Wildman–Crippen MR) is 196 cm³/mol. The zero-order valence-electron chi connectivity index (χ0n) is 26.5. The van der Waals surface area contributed by atoms with Crippen LogP contribution in [-0.4, -0.2) is 10.6 Å². The van der Waals surface area contributed by atoms with Gasteiger partial charge in [0.15, 0.2) is 0 Å². The third-order valence-electron chi connectivity index (χ3n) is 10.5. The molecule has 0 bridgehead atoms. The predicted octanol–water partition coefficient (Wildman–Crippen LogP) is 10.6. The molecule has 0 radical (unpaired) electrons. The van der Waals surface area contributed by atoms with E-state index in [0.717, 1.165) is 73.9 Å². The van der Waals surface area contributed by atoms with Gasteiger partial charge in [0, 0.05) is 50.3 Å². The van der Waals surface area contributed by atoms with E-state index in [-0.39, 0.29) is 12.0 Å². The van der Waals surface area contributed by atoms with E-state index in [1.165, 1.54) is 11.3 Å². The van der Waals surface area contributed by atoms with Crippen molar-refractivity contribution >= 4 is 50.3 Å². The molecule has 2 aliphatic carbocycles. The maximum atomic E-state index is 11.0. The molecule has 5 nitrogen and oxygen atoms in total. The minimum atomic E-state index is 0.150. The number of nitriles is 2. The fourth-order valence-corrected chi connectivity index (χ4v) is 8.48. The lowest BCUT2D eigenvalue weighted by Crippen LogP contribution is -2.28. The number of benzene rings is 5. The lowest BCUT2D eigenvalue weighted by Gasteiger charge is -2.29. The second-order valence-corrected chi connectivity index (χ2v) is 12.9. The standard InChI is InChI=1S/C44H28N4O/c45-25-28-20-21-38(48-37-18-7-3-14-32(37)43-39(48)22-23-41-44(43)33-15-4-8-19-40(33)49-41)34(26-46)42(28)27-10-9-11-29(24-27)47-35-16-5-1-12-30(35)31-13-2-6-17-36(31)47/h1-6,8-17,19-24,30,35H,7,18H2. The molecule has 10 rings (SSSR count). The number of hydrogen-bond acceptors (Lipinski definition) is 4. The van der Waals surface area contributed by atoms with Crippen LogP contribution in [0.1, 0.15) is 40.3 Å². The van der Waals surface area contributed by atoms with Crippen LogP contribution in [0, 0.1) is 22.7 Å². The van der Waals surface area contributed by atoms with Crippen molar-refractivity contribution in [3.05, 3.63) is 155 Å². The Hall–Kier alpha value is -6.56. The molecule has 0 spiro atoms. The number of aromatic nitrogens is 1. The molecule has 3 heterocycles. The lowest BCUT2D eigenvalue weighted by atomic mass is 9.91. The first-order valence-corrected chi connectivity index (χ1v) is 16.7. The van der Waals surface area contributed by atoms with Crippen molar-refractivity contribution in [3.8, 4) is 29.0 Å². The summed E-state index contributed by atoms with van der Waals surface area (Å²) in [5, 5.41) is 24.7. The Bertz CT molecular complexity index is 2720. The van der Waals surface area contributed by atoms with Crippen LogP contribution in [0.15, 0.2) is 132 Å². The fourth-order valence-electron chi connectivity index (χ4n) is 8.48. The molecule has 49 heavy (non-hydrogen) atoms. The van der Waals surface area contributed by atoms with E-state index in [1.54, 1.807) is 0 Å². The highest BCUT2D eigenvalue weighted by Crippen LogP contribution is 2.49. The number of allylic oxidation sites excluding steroid dienone is 3. The van der Waals surface area contributed by atoms with E-state index in [4.69, 9.17) is 4.42 Å². The minimum absolute atomic E-state index is 0.150. The second kappa shape index (κ2) is 10.5. The summed E-state index contributed by atoms with van der Waals surface area (Å²) in [5.41, 5.74) is 11.8. The summed E-state index contributed by atoms with van der Waals surface area (Å²) in [5.74, 6) is 0.263. The fraction of sp³-hybridized carbons (Fsp3) is 0.0909. The van der Waals surface area contributed by atoms with Crippen LogP contribution >= 0.6 is 0 Å². The van der Waals surface area contributed by atoms with E-state index in [1.807, 2.05) is 48.5 Å². The first-order chi connectivity index (χ1) is 24.2. The lowest BCUT2D eigenvalue weighted by molar-refractivity contribution is 0.669. The Morgan fingerprint density at radius 2 is 1.63 bits per heavy atom. The van der Waals surface area contributed by atoms with Crippen molar-refractivity contribution < 1.29 is 4.42 Å². The first kappa shape index (κ1) is 27.5. The van der Waals surface area contributed by atoms with Crippen LogP contribution in [0.25, 0.3) is 55.7 Å². The Morgan fingerprint density at radius 3 is 2.55 bits per heavy atom. The van der Waals surface area contributed by atoms with Gasteiger partial charge in [-0.15, -0.1) is 0 Å². The summed E-state index contributed by atoms with van der Waals surface area (Å²) in [7, 11) is 0. The van der Waals surface area contributed by atoms with Crippen LogP contribution in [0.2, 0.25) is 0 Å². The first-order valence-electron chi connectivity index (χ1n) is 16.7. The van der Waals surface area contributed by atoms with Gasteiger partial charge in [0.1, 0.15) is 17.2 Å². The summed E-state index contributed by atoms with van der Waals surface area (Å²) in [6.07, 6.45) is 15.0. The SMILES string of the molecule is N#Cc1ccc(-n2c3c(c4c5c(ccc42)oc2ccccc25)C=CCC3)c(C#N)c1-c1cccc(N2c3ccccc3C3C=CC=CC32)c1. The molecular formula is C44H28N4O. The number of para-hydroxylation sites is 2. The van der Waals surface area contributed by atoms with Gasteiger partial charge in [-0.05, 0) is 72.5 Å². The van der Waals surface area contributed by atoms with Crippen molar-refractivity contribution in [1.29, 1.82) is 10.5 Å². The number of hydrogen-bond donors (Lipinski definition) is 0. The van der Waals surface area contributed by atoms with Crippen molar-refractivity contribution in [1.82, 2.24) is 4.57 Å². The Labute approximate surface area is 283 Å². The third-order valence-corrected chi connectivity index (χ3v) is 10.5. The molecule has 5 aromatic carbocycles. The molecule has 1 aliphatic heterocycles. The molecule has 2 atom stereocenters. The van der Waals surface area contributed by atoms with Crippen molar-refractivity contribution in [2.45, 2.75) is 24.8 Å². The third kappa shape index (κ3) is 3.85. The molecule has 230 valence electrons. The zero-order valence-corrected chi connectivity index (χ0v) is 26.5. The summed E-state index contributed by atoms with van der Waals surface area (Å²) >= 11 is 0. The summed E-state index contributed by atoms with van der Waals surface area (Å²) in [4.78, 5) is 2.38. The number of furan rings is 1. The molecule has 0 N–H and O–H groups in total. The van der Waals surface area contributed by atoms with Gasteiger partial charge >= 0.3 is 0 Å². The Morgan fingerprint density at radius 1 is 0.755 bits per heavy atom. The van der Waals surface area contributed by atoms with E-state index in [0.29, 0.717) is 16.7 Å². The van der Waals surface area contributed by atoms with Crippen molar-refractivity contribution in [3.63, 3.8) is 0 Å². The van der Waals surface area contributed by atoms with Crippen LogP contribution < -0.4 is 4.90 Å². The molecule has 2 unspecified atom stereocenters. The average molecular weight is 629 g/mol. The van der Waals surface area contributed by atoms with Crippen molar-refractivity contribution in [2.75, 3.05) is 4.90 Å². The normalized spacial score (nSPS) is 17.3. The maximum Gasteiger partial charge on any atom is 0.136 e. The highest BCUT2D eigenvalue weighted by atomic mass is 16.3. The molecule has 3 aliphatic rings. The van der Waals surface area contributed by atoms with Gasteiger partial charge in [0.05, 0.1) is 34.4 Å². The Kier molecular flexibility index (Phi) is 5.89. The van der Waals surface area contributed by atoms with Gasteiger partial charge in [0.25, 0.3) is 0 Å². The zero-order chi connectivity index (χ0) is 32.6. The van der Waals surface area contributed by atoms with E-state index in [9.17, 15) is 10.5 Å². The van der Waals surface area contributed by atoms with E-state index in [2.05, 4.69) is 107 Å². The number of fused-ring (bicyclic) bond motifs is 10. The van der Waals surface area contributed by atoms with Crippen LogP contribution in [0.5, 0.6) is 0 Å². The highest BCUT2D eigenvalue weighted by Gasteiger charge is 2.37. The number of nitrogens with zero attached hydrogens (tertiary/aromatic N) is 4. The van der Waals surface area contributed by atoms with Gasteiger partial charge in [-0.25, -0.2) is 0 Å². The van der Waals surface area contributed by atoms with Crippen molar-refractivity contribution in [2.24, 2.45) is 0 Å². The largest absolute Gasteiger partial charge is 0.456 e. The second-order valence-electron chi connectivity index (χ2n) is 12.9. The average Bonchev–Trinajstić information content (AvgIpc) is 3.82. The molecular weight excluding hydrogens is 601 g/mol. The molecule has 5 heteroatoms. The number of rotatable bonds is 3. The molecule has 0 fully saturated rings. The van der Waals surface area contributed by atoms with E-state index >= 15 is 0 Å². The minimum Gasteiger partial charge on any atom is -0.456 e. The van der Waals surface area contributed by atoms with Gasteiger partial charge < -0.3 is 13.9 Å². The smallest absolute Gasteiger partial charge is 0.136 e. The molecule has 0 saturated carbocycles.